The van der Waals surface area contributed by atoms with Gasteiger partial charge in [-0.15, -0.1) is 0 Å². The summed E-state index contributed by atoms with van der Waals surface area (Å²) in [5.41, 5.74) is 6.46. The minimum atomic E-state index is 0.744. The van der Waals surface area contributed by atoms with E-state index in [0.717, 1.165) is 11.4 Å². The fourth-order valence-electron chi connectivity index (χ4n) is 1.50. The Hall–Kier alpha value is -2.16. The molecule has 1 heterocycles. The summed E-state index contributed by atoms with van der Waals surface area (Å²) < 4.78 is 0. The van der Waals surface area contributed by atoms with Crippen molar-refractivity contribution in [3.05, 3.63) is 59.3 Å². The molecule has 1 aromatic carbocycles. The van der Waals surface area contributed by atoms with Gasteiger partial charge in [-0.2, -0.15) is 5.10 Å². The third-order valence-corrected chi connectivity index (χ3v) is 2.48. The van der Waals surface area contributed by atoms with Crippen LogP contribution in [0.5, 0.6) is 0 Å². The first-order chi connectivity index (χ1) is 8.25. The number of hydrogen-bond donors (Lipinski definition) is 1. The van der Waals surface area contributed by atoms with Crippen molar-refractivity contribution in [2.24, 2.45) is 5.10 Å². The van der Waals surface area contributed by atoms with Gasteiger partial charge in [-0.1, -0.05) is 29.8 Å². The Morgan fingerprint density at radius 3 is 2.82 bits per heavy atom. The number of nitrogens with one attached hydrogen (secondary N) is 1. The van der Waals surface area contributed by atoms with Gasteiger partial charge in [-0.05, 0) is 37.1 Å². The van der Waals surface area contributed by atoms with Gasteiger partial charge >= 0.3 is 0 Å². The van der Waals surface area contributed by atoms with E-state index in [1.54, 1.807) is 6.20 Å². The molecule has 17 heavy (non-hydrogen) atoms. The molecule has 0 unspecified atom stereocenters. The topological polar surface area (TPSA) is 37.3 Å². The van der Waals surface area contributed by atoms with Crippen LogP contribution in [0.15, 0.2) is 47.7 Å². The van der Waals surface area contributed by atoms with Crippen LogP contribution >= 0.6 is 0 Å². The molecule has 0 atom stereocenters. The Kier molecular flexibility index (Phi) is 3.50. The number of hydrogen-bond acceptors (Lipinski definition) is 3. The molecule has 2 rings (SSSR count). The molecule has 1 N–H and O–H groups in total. The zero-order valence-corrected chi connectivity index (χ0v) is 10.0. The van der Waals surface area contributed by atoms with Crippen molar-refractivity contribution in [1.29, 1.82) is 0 Å². The highest BCUT2D eigenvalue weighted by Gasteiger charge is 1.94. The van der Waals surface area contributed by atoms with E-state index in [4.69, 9.17) is 0 Å². The first kappa shape index (κ1) is 11.3. The van der Waals surface area contributed by atoms with E-state index in [-0.39, 0.29) is 0 Å². The monoisotopic (exact) mass is 225 g/mol. The van der Waals surface area contributed by atoms with Crippen LogP contribution in [0, 0.1) is 13.8 Å². The third-order valence-electron chi connectivity index (χ3n) is 2.48. The molecule has 0 aliphatic rings. The fourth-order valence-corrected chi connectivity index (χ4v) is 1.50. The van der Waals surface area contributed by atoms with Crippen LogP contribution in [-0.4, -0.2) is 11.2 Å². The highest BCUT2D eigenvalue weighted by Crippen LogP contribution is 2.08. The van der Waals surface area contributed by atoms with Gasteiger partial charge in [0, 0.05) is 6.20 Å². The van der Waals surface area contributed by atoms with Crippen molar-refractivity contribution in [2.75, 3.05) is 5.43 Å². The van der Waals surface area contributed by atoms with Crippen LogP contribution in [0.4, 0.5) is 5.82 Å². The van der Waals surface area contributed by atoms with Crippen molar-refractivity contribution in [3.63, 3.8) is 0 Å². The van der Waals surface area contributed by atoms with E-state index in [1.165, 1.54) is 11.1 Å². The quantitative estimate of drug-likeness (QED) is 0.643. The highest BCUT2D eigenvalue weighted by molar-refractivity contribution is 5.82. The molecule has 3 heteroatoms. The Morgan fingerprint density at radius 1 is 1.18 bits per heavy atom. The Morgan fingerprint density at radius 2 is 2.06 bits per heavy atom. The summed E-state index contributed by atoms with van der Waals surface area (Å²) in [6.45, 7) is 4.14. The predicted octanol–water partition coefficient (Wildman–Crippen LogP) is 3.14. The lowest BCUT2D eigenvalue weighted by atomic mass is 10.1. The van der Waals surface area contributed by atoms with E-state index in [1.807, 2.05) is 24.4 Å². The van der Waals surface area contributed by atoms with Crippen LogP contribution in [0.25, 0.3) is 0 Å². The summed E-state index contributed by atoms with van der Waals surface area (Å²) in [5, 5.41) is 4.18. The molecule has 0 radical (unpaired) electrons. The second-order valence-corrected chi connectivity index (χ2v) is 3.95. The third kappa shape index (κ3) is 3.14. The molecule has 86 valence electrons. The predicted molar refractivity (Wildman–Crippen MR) is 71.4 cm³/mol. The number of pyridine rings is 1. The van der Waals surface area contributed by atoms with Gasteiger partial charge in [0.2, 0.25) is 0 Å². The average molecular weight is 225 g/mol. The van der Waals surface area contributed by atoms with E-state index in [0.29, 0.717) is 0 Å². The van der Waals surface area contributed by atoms with Crippen LogP contribution in [0.1, 0.15) is 16.7 Å². The lowest BCUT2D eigenvalue weighted by Crippen LogP contribution is -1.94. The summed E-state index contributed by atoms with van der Waals surface area (Å²) in [4.78, 5) is 4.13. The molecule has 2 aromatic rings. The van der Waals surface area contributed by atoms with E-state index in [9.17, 15) is 0 Å². The molecule has 3 nitrogen and oxygen atoms in total. The first-order valence-corrected chi connectivity index (χ1v) is 5.53. The normalized spacial score (nSPS) is 10.7. The number of anilines is 1. The number of rotatable bonds is 3. The molecule has 0 spiro atoms. The van der Waals surface area contributed by atoms with Gasteiger partial charge in [-0.3, -0.25) is 5.43 Å². The lowest BCUT2D eigenvalue weighted by molar-refractivity contribution is 1.23. The summed E-state index contributed by atoms with van der Waals surface area (Å²) in [6.07, 6.45) is 3.55. The average Bonchev–Trinajstić information content (AvgIpc) is 2.35. The number of aromatic nitrogens is 1. The zero-order chi connectivity index (χ0) is 12.1. The van der Waals surface area contributed by atoms with E-state index in [2.05, 4.69) is 47.6 Å². The number of nitrogens with zero attached hydrogens (tertiary/aromatic N) is 2. The van der Waals surface area contributed by atoms with Crippen LogP contribution in [0.2, 0.25) is 0 Å². The van der Waals surface area contributed by atoms with Crippen molar-refractivity contribution in [1.82, 2.24) is 4.98 Å². The van der Waals surface area contributed by atoms with Gasteiger partial charge in [0.05, 0.1) is 6.21 Å². The lowest BCUT2D eigenvalue weighted by Gasteiger charge is -2.01. The van der Waals surface area contributed by atoms with Gasteiger partial charge in [0.25, 0.3) is 0 Å². The summed E-state index contributed by atoms with van der Waals surface area (Å²) in [7, 11) is 0. The largest absolute Gasteiger partial charge is 0.261 e. The Balaban J connectivity index is 2.08. The molecule has 0 fully saturated rings. The van der Waals surface area contributed by atoms with Crippen molar-refractivity contribution >= 4 is 12.0 Å². The van der Waals surface area contributed by atoms with Crippen molar-refractivity contribution in [3.8, 4) is 0 Å². The Labute approximate surface area is 101 Å². The zero-order valence-electron chi connectivity index (χ0n) is 10.0. The SMILES string of the molecule is Cc1ccc(C)c(/C=N\Nc2ccccn2)c1. The first-order valence-electron chi connectivity index (χ1n) is 5.53. The Bertz CT molecular complexity index is 518. The summed E-state index contributed by atoms with van der Waals surface area (Å²) >= 11 is 0. The maximum absolute atomic E-state index is 4.18. The highest BCUT2D eigenvalue weighted by atomic mass is 15.3. The maximum atomic E-state index is 4.18. The molecule has 0 saturated carbocycles. The van der Waals surface area contributed by atoms with Gasteiger partial charge in [0.1, 0.15) is 5.82 Å². The smallest absolute Gasteiger partial charge is 0.146 e. The number of hydrazone groups is 1. The van der Waals surface area contributed by atoms with E-state index >= 15 is 0 Å². The molecule has 1 aromatic heterocycles. The van der Waals surface area contributed by atoms with E-state index < -0.39 is 0 Å². The number of benzene rings is 1. The molecule has 0 amide bonds. The van der Waals surface area contributed by atoms with Crippen LogP contribution in [0.3, 0.4) is 0 Å². The second kappa shape index (κ2) is 5.25. The van der Waals surface area contributed by atoms with Crippen molar-refractivity contribution in [2.45, 2.75) is 13.8 Å². The molecule has 0 bridgehead atoms. The van der Waals surface area contributed by atoms with Crippen LogP contribution < -0.4 is 5.43 Å². The number of aryl methyl sites for hydroxylation is 2. The van der Waals surface area contributed by atoms with Crippen molar-refractivity contribution < 1.29 is 0 Å². The minimum absolute atomic E-state index is 0.744. The fraction of sp³-hybridized carbons (Fsp3) is 0.143. The van der Waals surface area contributed by atoms with Gasteiger partial charge in [0.15, 0.2) is 0 Å². The minimum Gasteiger partial charge on any atom is -0.261 e. The van der Waals surface area contributed by atoms with Crippen LogP contribution in [-0.2, 0) is 0 Å². The summed E-state index contributed by atoms with van der Waals surface area (Å²) in [5.74, 6) is 0.744. The molecular formula is C14H15N3. The molecule has 0 aliphatic heterocycles. The molecular weight excluding hydrogens is 210 g/mol. The second-order valence-electron chi connectivity index (χ2n) is 3.95. The molecule has 0 aliphatic carbocycles. The standard InChI is InChI=1S/C14H15N3/c1-11-6-7-12(2)13(9-11)10-16-17-14-5-3-4-8-15-14/h3-10H,1-2H3,(H,15,17)/b16-10-. The van der Waals surface area contributed by atoms with Gasteiger partial charge < -0.3 is 0 Å². The maximum Gasteiger partial charge on any atom is 0.146 e. The summed E-state index contributed by atoms with van der Waals surface area (Å²) in [6, 6.07) is 12.0. The molecule has 0 saturated heterocycles. The van der Waals surface area contributed by atoms with Gasteiger partial charge in [-0.25, -0.2) is 4.98 Å².